The fraction of sp³-hybridized carbons (Fsp3) is 0.211. The van der Waals surface area contributed by atoms with Crippen molar-refractivity contribution in [3.05, 3.63) is 70.6 Å². The molecular formula is C19H18N2O3. The molecule has 3 rings (SSSR count). The number of rotatable bonds is 4. The van der Waals surface area contributed by atoms with Crippen molar-refractivity contribution < 1.29 is 9.53 Å². The number of carbonyl (C=O) groups is 1. The predicted molar refractivity (Wildman–Crippen MR) is 92.5 cm³/mol. The zero-order valence-electron chi connectivity index (χ0n) is 13.6. The maximum Gasteiger partial charge on any atom is 0.359 e. The van der Waals surface area contributed by atoms with Gasteiger partial charge in [-0.2, -0.15) is 9.78 Å². The number of hydrogen-bond acceptors (Lipinski definition) is 4. The number of nitrogens with zero attached hydrogens (tertiary/aromatic N) is 2. The highest BCUT2D eigenvalue weighted by atomic mass is 16.5. The lowest BCUT2D eigenvalue weighted by Crippen LogP contribution is -2.25. The molecule has 2 aromatic carbocycles. The maximum atomic E-state index is 12.7. The molecule has 5 heteroatoms. The molecule has 0 spiro atoms. The van der Waals surface area contributed by atoms with Crippen molar-refractivity contribution in [1.82, 2.24) is 9.78 Å². The van der Waals surface area contributed by atoms with E-state index in [1.165, 1.54) is 4.68 Å². The molecule has 0 atom stereocenters. The van der Waals surface area contributed by atoms with Gasteiger partial charge in [0.2, 0.25) is 0 Å². The summed E-state index contributed by atoms with van der Waals surface area (Å²) in [5, 5.41) is 5.22. The first-order valence-electron chi connectivity index (χ1n) is 7.82. The first kappa shape index (κ1) is 15.9. The third kappa shape index (κ3) is 3.06. The van der Waals surface area contributed by atoms with Crippen LogP contribution in [0.3, 0.4) is 0 Å². The number of benzene rings is 2. The molecular weight excluding hydrogens is 304 g/mol. The maximum absolute atomic E-state index is 12.7. The molecule has 0 radical (unpaired) electrons. The van der Waals surface area contributed by atoms with Crippen LogP contribution in [-0.4, -0.2) is 22.4 Å². The van der Waals surface area contributed by atoms with E-state index in [0.717, 1.165) is 0 Å². The Morgan fingerprint density at radius 1 is 1.04 bits per heavy atom. The average molecular weight is 322 g/mol. The highest BCUT2D eigenvalue weighted by Crippen LogP contribution is 2.16. The van der Waals surface area contributed by atoms with Crippen LogP contribution in [0.2, 0.25) is 0 Å². The lowest BCUT2D eigenvalue weighted by atomic mass is 10.1. The second-order valence-electron chi connectivity index (χ2n) is 5.94. The molecule has 0 saturated carbocycles. The Bertz CT molecular complexity index is 930. The van der Waals surface area contributed by atoms with E-state index in [1.54, 1.807) is 36.4 Å². The number of aromatic nitrogens is 2. The molecule has 0 bridgehead atoms. The molecule has 0 amide bonds. The van der Waals surface area contributed by atoms with Crippen LogP contribution in [-0.2, 0) is 4.74 Å². The zero-order chi connectivity index (χ0) is 17.1. The van der Waals surface area contributed by atoms with Gasteiger partial charge in [0.25, 0.3) is 5.56 Å². The molecule has 24 heavy (non-hydrogen) atoms. The molecule has 0 aliphatic rings. The molecule has 0 aliphatic carbocycles. The van der Waals surface area contributed by atoms with Crippen LogP contribution < -0.4 is 5.56 Å². The van der Waals surface area contributed by atoms with Crippen molar-refractivity contribution in [2.45, 2.75) is 13.8 Å². The Hall–Kier alpha value is -2.95. The fourth-order valence-electron chi connectivity index (χ4n) is 2.40. The normalized spacial score (nSPS) is 11.0. The van der Waals surface area contributed by atoms with Gasteiger partial charge in [0.1, 0.15) is 0 Å². The average Bonchev–Trinajstić information content (AvgIpc) is 2.61. The molecule has 1 aromatic heterocycles. The van der Waals surface area contributed by atoms with Crippen molar-refractivity contribution >= 4 is 16.7 Å². The van der Waals surface area contributed by atoms with Crippen molar-refractivity contribution in [2.24, 2.45) is 5.92 Å². The number of fused-ring (bicyclic) bond motifs is 1. The second-order valence-corrected chi connectivity index (χ2v) is 5.94. The summed E-state index contributed by atoms with van der Waals surface area (Å²) in [7, 11) is 0. The van der Waals surface area contributed by atoms with Crippen molar-refractivity contribution in [2.75, 3.05) is 6.61 Å². The Morgan fingerprint density at radius 2 is 1.67 bits per heavy atom. The molecule has 0 saturated heterocycles. The lowest BCUT2D eigenvalue weighted by molar-refractivity contribution is 0.0452. The summed E-state index contributed by atoms with van der Waals surface area (Å²) in [6.45, 7) is 4.23. The number of carbonyl (C=O) groups excluding carboxylic acids is 1. The van der Waals surface area contributed by atoms with E-state index in [9.17, 15) is 9.59 Å². The van der Waals surface area contributed by atoms with Crippen LogP contribution in [0.1, 0.15) is 24.3 Å². The van der Waals surface area contributed by atoms with Crippen molar-refractivity contribution in [1.29, 1.82) is 0 Å². The standard InChI is InChI=1S/C19H18N2O3/c1-13(2)12-24-19(23)17-15-10-6-7-11-16(15)18(22)21(20-17)14-8-4-3-5-9-14/h3-11,13H,12H2,1-2H3. The first-order valence-corrected chi connectivity index (χ1v) is 7.82. The predicted octanol–water partition coefficient (Wildman–Crippen LogP) is 3.20. The molecule has 0 aliphatic heterocycles. The quantitative estimate of drug-likeness (QED) is 0.692. The SMILES string of the molecule is CC(C)COC(=O)c1nn(-c2ccccc2)c(=O)c2ccccc12. The monoisotopic (exact) mass is 322 g/mol. The summed E-state index contributed by atoms with van der Waals surface area (Å²) in [5.41, 5.74) is 0.484. The van der Waals surface area contributed by atoms with Crippen LogP contribution >= 0.6 is 0 Å². The van der Waals surface area contributed by atoms with Gasteiger partial charge in [0.05, 0.1) is 17.7 Å². The minimum absolute atomic E-state index is 0.148. The topological polar surface area (TPSA) is 61.2 Å². The van der Waals surface area contributed by atoms with Crippen LogP contribution in [0.25, 0.3) is 16.5 Å². The van der Waals surface area contributed by atoms with E-state index in [0.29, 0.717) is 23.1 Å². The zero-order valence-corrected chi connectivity index (χ0v) is 13.6. The Kier molecular flexibility index (Phi) is 4.42. The lowest BCUT2D eigenvalue weighted by Gasteiger charge is -2.11. The summed E-state index contributed by atoms with van der Waals surface area (Å²) in [5.74, 6) is -0.301. The highest BCUT2D eigenvalue weighted by molar-refractivity contribution is 6.02. The van der Waals surface area contributed by atoms with E-state index < -0.39 is 5.97 Å². The number of para-hydroxylation sites is 1. The molecule has 0 fully saturated rings. The smallest absolute Gasteiger partial charge is 0.359 e. The molecule has 1 heterocycles. The molecule has 5 nitrogen and oxygen atoms in total. The highest BCUT2D eigenvalue weighted by Gasteiger charge is 2.18. The summed E-state index contributed by atoms with van der Waals surface area (Å²) in [6, 6.07) is 16.0. The number of ether oxygens (including phenoxy) is 1. The van der Waals surface area contributed by atoms with Gasteiger partial charge in [-0.05, 0) is 24.1 Å². The van der Waals surface area contributed by atoms with Gasteiger partial charge >= 0.3 is 5.97 Å². The van der Waals surface area contributed by atoms with E-state index >= 15 is 0 Å². The van der Waals surface area contributed by atoms with Crippen LogP contribution in [0.4, 0.5) is 0 Å². The number of hydrogen-bond donors (Lipinski definition) is 0. The van der Waals surface area contributed by atoms with Crippen LogP contribution in [0.5, 0.6) is 0 Å². The minimum atomic E-state index is -0.524. The third-order valence-electron chi connectivity index (χ3n) is 3.55. The molecule has 122 valence electrons. The van der Waals surface area contributed by atoms with Gasteiger partial charge in [-0.1, -0.05) is 50.2 Å². The summed E-state index contributed by atoms with van der Waals surface area (Å²) >= 11 is 0. The van der Waals surface area contributed by atoms with Crippen LogP contribution in [0.15, 0.2) is 59.4 Å². The Labute approximate surface area is 139 Å². The number of esters is 1. The summed E-state index contributed by atoms with van der Waals surface area (Å²) in [6.07, 6.45) is 0. The van der Waals surface area contributed by atoms with Crippen molar-refractivity contribution in [3.8, 4) is 5.69 Å². The fourth-order valence-corrected chi connectivity index (χ4v) is 2.40. The first-order chi connectivity index (χ1) is 11.6. The van der Waals surface area contributed by atoms with Crippen molar-refractivity contribution in [3.63, 3.8) is 0 Å². The van der Waals surface area contributed by atoms with Gasteiger partial charge < -0.3 is 4.74 Å². The third-order valence-corrected chi connectivity index (χ3v) is 3.55. The van der Waals surface area contributed by atoms with Gasteiger partial charge in [0, 0.05) is 5.39 Å². The van der Waals surface area contributed by atoms with Gasteiger partial charge in [-0.3, -0.25) is 4.79 Å². The van der Waals surface area contributed by atoms with E-state index in [4.69, 9.17) is 4.74 Å². The minimum Gasteiger partial charge on any atom is -0.461 e. The van der Waals surface area contributed by atoms with Gasteiger partial charge in [-0.25, -0.2) is 4.79 Å². The van der Waals surface area contributed by atoms with E-state index in [1.807, 2.05) is 32.0 Å². The van der Waals surface area contributed by atoms with Gasteiger partial charge in [-0.15, -0.1) is 0 Å². The van der Waals surface area contributed by atoms with Crippen LogP contribution in [0, 0.1) is 5.92 Å². The van der Waals surface area contributed by atoms with E-state index in [-0.39, 0.29) is 17.2 Å². The molecule has 3 aromatic rings. The summed E-state index contributed by atoms with van der Waals surface area (Å²) < 4.78 is 6.56. The second kappa shape index (κ2) is 6.66. The largest absolute Gasteiger partial charge is 0.461 e. The molecule has 0 N–H and O–H groups in total. The molecule has 0 unspecified atom stereocenters. The Balaban J connectivity index is 2.19. The van der Waals surface area contributed by atoms with E-state index in [2.05, 4.69) is 5.10 Å². The summed E-state index contributed by atoms with van der Waals surface area (Å²) in [4.78, 5) is 25.2. The van der Waals surface area contributed by atoms with Gasteiger partial charge in [0.15, 0.2) is 5.69 Å². The Morgan fingerprint density at radius 3 is 2.33 bits per heavy atom.